The number of ether oxygens (including phenoxy) is 1. The molecule has 0 aliphatic carbocycles. The molecule has 0 unspecified atom stereocenters. The van der Waals surface area contributed by atoms with Crippen LogP contribution in [0.5, 0.6) is 11.5 Å². The minimum atomic E-state index is 0.279. The van der Waals surface area contributed by atoms with E-state index in [-0.39, 0.29) is 5.75 Å². The van der Waals surface area contributed by atoms with E-state index in [1.165, 1.54) is 0 Å². The zero-order valence-electron chi connectivity index (χ0n) is 9.96. The number of aromatic hydroxyl groups is 1. The van der Waals surface area contributed by atoms with Gasteiger partial charge in [0.2, 0.25) is 0 Å². The van der Waals surface area contributed by atoms with Crippen LogP contribution in [0.1, 0.15) is 12.0 Å². The van der Waals surface area contributed by atoms with Gasteiger partial charge in [0, 0.05) is 3.57 Å². The van der Waals surface area contributed by atoms with Crippen LogP contribution in [0.2, 0.25) is 0 Å². The molecule has 0 atom stereocenters. The average Bonchev–Trinajstić information content (AvgIpc) is 2.22. The Hall–Kier alpha value is -0.490. The second-order valence-electron chi connectivity index (χ2n) is 4.02. The summed E-state index contributed by atoms with van der Waals surface area (Å²) in [6, 6.07) is 3.85. The maximum Gasteiger partial charge on any atom is 0.161 e. The molecule has 90 valence electrons. The number of hydrogen-bond donors (Lipinski definition) is 1. The Morgan fingerprint density at radius 2 is 2.06 bits per heavy atom. The van der Waals surface area contributed by atoms with Crippen molar-refractivity contribution in [2.24, 2.45) is 0 Å². The zero-order chi connectivity index (χ0) is 12.1. The lowest BCUT2D eigenvalue weighted by molar-refractivity contribution is 0.367. The van der Waals surface area contributed by atoms with Crippen molar-refractivity contribution in [1.29, 1.82) is 0 Å². The maximum absolute atomic E-state index is 9.94. The number of phenolic OH excluding ortho intramolecular Hbond substituents is 1. The summed E-state index contributed by atoms with van der Waals surface area (Å²) in [5, 5.41) is 9.94. The van der Waals surface area contributed by atoms with Crippen molar-refractivity contribution in [2.45, 2.75) is 12.8 Å². The van der Waals surface area contributed by atoms with E-state index >= 15 is 0 Å². The summed E-state index contributed by atoms with van der Waals surface area (Å²) in [7, 11) is 5.68. The number of phenols is 1. The van der Waals surface area contributed by atoms with Gasteiger partial charge in [-0.2, -0.15) is 0 Å². The molecule has 0 aromatic heterocycles. The SMILES string of the molecule is COc1cc(I)cc(CCCN(C)C)c1O. The van der Waals surface area contributed by atoms with Crippen LogP contribution in [0, 0.1) is 3.57 Å². The Balaban J connectivity index is 2.75. The molecular weight excluding hydrogens is 317 g/mol. The minimum absolute atomic E-state index is 0.279. The molecule has 0 amide bonds. The normalized spacial score (nSPS) is 10.8. The number of rotatable bonds is 5. The van der Waals surface area contributed by atoms with E-state index < -0.39 is 0 Å². The largest absolute Gasteiger partial charge is 0.504 e. The molecule has 0 spiro atoms. The minimum Gasteiger partial charge on any atom is -0.504 e. The highest BCUT2D eigenvalue weighted by Gasteiger charge is 2.09. The number of halogens is 1. The zero-order valence-corrected chi connectivity index (χ0v) is 12.1. The Labute approximate surface area is 111 Å². The molecule has 1 N–H and O–H groups in total. The van der Waals surface area contributed by atoms with Crippen molar-refractivity contribution in [2.75, 3.05) is 27.7 Å². The fraction of sp³-hybridized carbons (Fsp3) is 0.500. The first-order valence-electron chi connectivity index (χ1n) is 5.24. The summed E-state index contributed by atoms with van der Waals surface area (Å²) >= 11 is 2.23. The average molecular weight is 335 g/mol. The smallest absolute Gasteiger partial charge is 0.161 e. The number of methoxy groups -OCH3 is 1. The van der Waals surface area contributed by atoms with E-state index in [0.717, 1.165) is 28.5 Å². The summed E-state index contributed by atoms with van der Waals surface area (Å²) in [6.07, 6.45) is 1.90. The molecule has 0 bridgehead atoms. The van der Waals surface area contributed by atoms with Gasteiger partial charge in [0.15, 0.2) is 11.5 Å². The Bertz CT molecular complexity index is 353. The maximum atomic E-state index is 9.94. The monoisotopic (exact) mass is 335 g/mol. The lowest BCUT2D eigenvalue weighted by Gasteiger charge is -2.12. The van der Waals surface area contributed by atoms with Crippen molar-refractivity contribution in [3.63, 3.8) is 0 Å². The van der Waals surface area contributed by atoms with E-state index in [0.29, 0.717) is 5.75 Å². The van der Waals surface area contributed by atoms with E-state index in [2.05, 4.69) is 41.6 Å². The summed E-state index contributed by atoms with van der Waals surface area (Å²) in [5.41, 5.74) is 0.964. The van der Waals surface area contributed by atoms with Crippen LogP contribution >= 0.6 is 22.6 Å². The number of hydrogen-bond acceptors (Lipinski definition) is 3. The predicted octanol–water partition coefficient (Wildman–Crippen LogP) is 2.50. The van der Waals surface area contributed by atoms with Gasteiger partial charge in [-0.3, -0.25) is 0 Å². The summed E-state index contributed by atoms with van der Waals surface area (Å²) in [5.74, 6) is 0.841. The third-order valence-corrected chi connectivity index (χ3v) is 3.01. The summed E-state index contributed by atoms with van der Waals surface area (Å²) in [4.78, 5) is 2.14. The molecule has 0 aliphatic rings. The number of aryl methyl sites for hydroxylation is 1. The fourth-order valence-corrected chi connectivity index (χ4v) is 2.22. The predicted molar refractivity (Wildman–Crippen MR) is 74.3 cm³/mol. The molecule has 0 saturated heterocycles. The lowest BCUT2D eigenvalue weighted by atomic mass is 10.1. The molecule has 0 radical (unpaired) electrons. The van der Waals surface area contributed by atoms with Gasteiger partial charge in [0.1, 0.15) is 0 Å². The molecule has 1 rings (SSSR count). The lowest BCUT2D eigenvalue weighted by Crippen LogP contribution is -2.13. The Morgan fingerprint density at radius 1 is 1.38 bits per heavy atom. The van der Waals surface area contributed by atoms with Gasteiger partial charge in [-0.05, 0) is 73.8 Å². The standard InChI is InChI=1S/C12H18INO2/c1-14(2)6-4-5-9-7-10(13)8-11(16-3)12(9)15/h7-8,15H,4-6H2,1-3H3. The second-order valence-corrected chi connectivity index (χ2v) is 5.27. The van der Waals surface area contributed by atoms with E-state index in [1.54, 1.807) is 7.11 Å². The highest BCUT2D eigenvalue weighted by molar-refractivity contribution is 14.1. The van der Waals surface area contributed by atoms with Crippen molar-refractivity contribution >= 4 is 22.6 Å². The first-order chi connectivity index (χ1) is 7.54. The molecule has 0 heterocycles. The van der Waals surface area contributed by atoms with Gasteiger partial charge < -0.3 is 14.7 Å². The molecule has 1 aromatic carbocycles. The highest BCUT2D eigenvalue weighted by atomic mass is 127. The van der Waals surface area contributed by atoms with E-state index in [9.17, 15) is 5.11 Å². The van der Waals surface area contributed by atoms with Crippen LogP contribution in [0.25, 0.3) is 0 Å². The van der Waals surface area contributed by atoms with Crippen LogP contribution in [-0.4, -0.2) is 37.8 Å². The van der Waals surface area contributed by atoms with Gasteiger partial charge in [0.05, 0.1) is 7.11 Å². The summed E-state index contributed by atoms with van der Waals surface area (Å²) in [6.45, 7) is 1.02. The van der Waals surface area contributed by atoms with E-state index in [1.807, 2.05) is 12.1 Å². The molecule has 16 heavy (non-hydrogen) atoms. The van der Waals surface area contributed by atoms with Crippen LogP contribution in [0.4, 0.5) is 0 Å². The third-order valence-electron chi connectivity index (χ3n) is 2.39. The van der Waals surface area contributed by atoms with E-state index in [4.69, 9.17) is 4.74 Å². The van der Waals surface area contributed by atoms with Crippen molar-refractivity contribution in [3.8, 4) is 11.5 Å². The number of benzene rings is 1. The fourth-order valence-electron chi connectivity index (χ4n) is 1.56. The molecule has 3 nitrogen and oxygen atoms in total. The number of nitrogens with zero attached hydrogens (tertiary/aromatic N) is 1. The molecule has 0 fully saturated rings. The first-order valence-corrected chi connectivity index (χ1v) is 6.32. The van der Waals surface area contributed by atoms with Crippen LogP contribution in [0.15, 0.2) is 12.1 Å². The molecule has 0 aliphatic heterocycles. The Morgan fingerprint density at radius 3 is 2.62 bits per heavy atom. The second kappa shape index (κ2) is 6.30. The van der Waals surface area contributed by atoms with Gasteiger partial charge in [0.25, 0.3) is 0 Å². The van der Waals surface area contributed by atoms with Gasteiger partial charge in [-0.15, -0.1) is 0 Å². The van der Waals surface area contributed by atoms with Gasteiger partial charge in [-0.25, -0.2) is 0 Å². The third kappa shape index (κ3) is 3.83. The van der Waals surface area contributed by atoms with Crippen LogP contribution < -0.4 is 4.74 Å². The molecule has 0 saturated carbocycles. The van der Waals surface area contributed by atoms with Crippen LogP contribution in [-0.2, 0) is 6.42 Å². The van der Waals surface area contributed by atoms with Gasteiger partial charge >= 0.3 is 0 Å². The Kier molecular flexibility index (Phi) is 5.34. The highest BCUT2D eigenvalue weighted by Crippen LogP contribution is 2.32. The molecular formula is C12H18INO2. The van der Waals surface area contributed by atoms with Crippen molar-refractivity contribution in [1.82, 2.24) is 4.90 Å². The summed E-state index contributed by atoms with van der Waals surface area (Å²) < 4.78 is 6.22. The first kappa shape index (κ1) is 13.6. The molecule has 1 aromatic rings. The van der Waals surface area contributed by atoms with Crippen molar-refractivity contribution < 1.29 is 9.84 Å². The molecule has 4 heteroatoms. The van der Waals surface area contributed by atoms with Crippen LogP contribution in [0.3, 0.4) is 0 Å². The quantitative estimate of drug-likeness (QED) is 0.840. The van der Waals surface area contributed by atoms with Crippen molar-refractivity contribution in [3.05, 3.63) is 21.3 Å². The van der Waals surface area contributed by atoms with Gasteiger partial charge in [-0.1, -0.05) is 0 Å². The topological polar surface area (TPSA) is 32.7 Å².